The van der Waals surface area contributed by atoms with Gasteiger partial charge in [-0.2, -0.15) is 0 Å². The van der Waals surface area contributed by atoms with Crippen molar-refractivity contribution in [3.05, 3.63) is 38.0 Å². The summed E-state index contributed by atoms with van der Waals surface area (Å²) in [7, 11) is 0. The van der Waals surface area contributed by atoms with Crippen molar-refractivity contribution in [1.29, 1.82) is 0 Å². The minimum atomic E-state index is 0.219. The van der Waals surface area contributed by atoms with Crippen LogP contribution in [0.1, 0.15) is 23.9 Å². The summed E-state index contributed by atoms with van der Waals surface area (Å²) in [5.41, 5.74) is 1.79. The zero-order chi connectivity index (χ0) is 13.3. The van der Waals surface area contributed by atoms with Crippen LogP contribution in [0.25, 0.3) is 5.69 Å². The summed E-state index contributed by atoms with van der Waals surface area (Å²) in [6, 6.07) is 3.66. The van der Waals surface area contributed by atoms with Gasteiger partial charge in [0, 0.05) is 14.0 Å². The van der Waals surface area contributed by atoms with Gasteiger partial charge in [0.15, 0.2) is 0 Å². The fourth-order valence-corrected chi connectivity index (χ4v) is 3.73. The van der Waals surface area contributed by atoms with E-state index in [4.69, 9.17) is 11.6 Å². The highest BCUT2D eigenvalue weighted by Crippen LogP contribution is 2.33. The number of benzene rings is 1. The standard InChI is InChI=1S/C11H9Br3ClN3/c1-2-7(12)10-5-18(17-16-10)11-8(13)3-6(15)4-9(11)14/h3-5,7H,2H2,1H3. The number of halogens is 4. The van der Waals surface area contributed by atoms with E-state index in [9.17, 15) is 0 Å². The topological polar surface area (TPSA) is 30.7 Å². The second-order valence-electron chi connectivity index (χ2n) is 3.68. The normalized spacial score (nSPS) is 12.7. The van der Waals surface area contributed by atoms with Gasteiger partial charge < -0.3 is 0 Å². The van der Waals surface area contributed by atoms with Crippen molar-refractivity contribution in [2.75, 3.05) is 0 Å². The van der Waals surface area contributed by atoms with Crippen LogP contribution >= 0.6 is 59.4 Å². The lowest BCUT2D eigenvalue weighted by molar-refractivity contribution is 0.786. The highest BCUT2D eigenvalue weighted by atomic mass is 79.9. The summed E-state index contributed by atoms with van der Waals surface area (Å²) in [5.74, 6) is 0. The maximum absolute atomic E-state index is 5.98. The molecular weight excluding hydrogens is 449 g/mol. The second-order valence-corrected chi connectivity index (χ2v) is 6.93. The molecule has 18 heavy (non-hydrogen) atoms. The van der Waals surface area contributed by atoms with Gasteiger partial charge in [-0.15, -0.1) is 5.10 Å². The molecule has 2 rings (SSSR count). The van der Waals surface area contributed by atoms with Crippen LogP contribution in [-0.4, -0.2) is 15.0 Å². The van der Waals surface area contributed by atoms with E-state index in [2.05, 4.69) is 65.0 Å². The predicted molar refractivity (Wildman–Crippen MR) is 83.7 cm³/mol. The van der Waals surface area contributed by atoms with Crippen LogP contribution in [0.5, 0.6) is 0 Å². The molecule has 0 radical (unpaired) electrons. The van der Waals surface area contributed by atoms with Crippen molar-refractivity contribution in [2.45, 2.75) is 18.2 Å². The molecule has 1 aromatic heterocycles. The van der Waals surface area contributed by atoms with Gasteiger partial charge in [0.1, 0.15) is 0 Å². The maximum Gasteiger partial charge on any atom is 0.0967 e. The van der Waals surface area contributed by atoms with E-state index in [1.54, 1.807) is 4.68 Å². The predicted octanol–water partition coefficient (Wildman–Crippen LogP) is 5.29. The molecule has 7 heteroatoms. The molecule has 1 atom stereocenters. The van der Waals surface area contributed by atoms with Gasteiger partial charge >= 0.3 is 0 Å². The fraction of sp³-hybridized carbons (Fsp3) is 0.273. The quantitative estimate of drug-likeness (QED) is 0.586. The third-order valence-corrected chi connectivity index (χ3v) is 4.94. The van der Waals surface area contributed by atoms with Crippen LogP contribution in [0, 0.1) is 0 Å². The van der Waals surface area contributed by atoms with E-state index >= 15 is 0 Å². The van der Waals surface area contributed by atoms with E-state index in [1.807, 2.05) is 18.3 Å². The largest absolute Gasteiger partial charge is 0.218 e. The molecule has 1 unspecified atom stereocenters. The fourth-order valence-electron chi connectivity index (χ4n) is 1.49. The Morgan fingerprint density at radius 1 is 1.33 bits per heavy atom. The van der Waals surface area contributed by atoms with E-state index in [-0.39, 0.29) is 4.83 Å². The molecule has 0 fully saturated rings. The monoisotopic (exact) mass is 455 g/mol. The van der Waals surface area contributed by atoms with Crippen LogP contribution in [0.3, 0.4) is 0 Å². The molecular formula is C11H9Br3ClN3. The number of aromatic nitrogens is 3. The third kappa shape index (κ3) is 2.98. The van der Waals surface area contributed by atoms with E-state index in [0.717, 1.165) is 26.7 Å². The van der Waals surface area contributed by atoms with Crippen molar-refractivity contribution < 1.29 is 0 Å². The SMILES string of the molecule is CCC(Br)c1cn(-c2c(Br)cc(Cl)cc2Br)nn1. The third-order valence-electron chi connectivity index (χ3n) is 2.40. The molecule has 0 aliphatic heterocycles. The van der Waals surface area contributed by atoms with Gasteiger partial charge in [0.25, 0.3) is 0 Å². The molecule has 0 bridgehead atoms. The van der Waals surface area contributed by atoms with Crippen molar-refractivity contribution in [3.8, 4) is 5.69 Å². The summed E-state index contributed by atoms with van der Waals surface area (Å²) in [6.45, 7) is 2.09. The molecule has 96 valence electrons. The first-order valence-electron chi connectivity index (χ1n) is 5.24. The molecule has 0 N–H and O–H groups in total. The van der Waals surface area contributed by atoms with Gasteiger partial charge in [-0.3, -0.25) is 0 Å². The summed E-state index contributed by atoms with van der Waals surface area (Å²) >= 11 is 16.5. The Labute approximate surface area is 135 Å². The molecule has 2 aromatic rings. The average molecular weight is 458 g/mol. The molecule has 3 nitrogen and oxygen atoms in total. The summed E-state index contributed by atoms with van der Waals surface area (Å²) < 4.78 is 3.45. The zero-order valence-electron chi connectivity index (χ0n) is 9.37. The van der Waals surface area contributed by atoms with Crippen LogP contribution in [-0.2, 0) is 0 Å². The first kappa shape index (κ1) is 14.5. The molecule has 1 heterocycles. The highest BCUT2D eigenvalue weighted by molar-refractivity contribution is 9.11. The van der Waals surface area contributed by atoms with E-state index in [0.29, 0.717) is 5.02 Å². The van der Waals surface area contributed by atoms with Crippen LogP contribution in [0.15, 0.2) is 27.3 Å². The van der Waals surface area contributed by atoms with Gasteiger partial charge in [-0.1, -0.05) is 39.7 Å². The van der Waals surface area contributed by atoms with Crippen molar-refractivity contribution >= 4 is 59.4 Å². The Kier molecular flexibility index (Phi) is 4.86. The number of hydrogen-bond acceptors (Lipinski definition) is 2. The Hall–Kier alpha value is 0.0900. The number of alkyl halides is 1. The first-order valence-corrected chi connectivity index (χ1v) is 8.12. The minimum absolute atomic E-state index is 0.219. The lowest BCUT2D eigenvalue weighted by Crippen LogP contribution is -1.97. The van der Waals surface area contributed by atoms with Gasteiger partial charge in [-0.05, 0) is 50.4 Å². The van der Waals surface area contributed by atoms with E-state index < -0.39 is 0 Å². The number of nitrogens with zero attached hydrogens (tertiary/aromatic N) is 3. The lowest BCUT2D eigenvalue weighted by atomic mass is 10.3. The Morgan fingerprint density at radius 3 is 2.50 bits per heavy atom. The lowest BCUT2D eigenvalue weighted by Gasteiger charge is -2.07. The Morgan fingerprint density at radius 2 is 1.94 bits per heavy atom. The molecule has 0 spiro atoms. The van der Waals surface area contributed by atoms with Crippen LogP contribution in [0.2, 0.25) is 5.02 Å². The highest BCUT2D eigenvalue weighted by Gasteiger charge is 2.14. The van der Waals surface area contributed by atoms with Gasteiger partial charge in [-0.25, -0.2) is 4.68 Å². The van der Waals surface area contributed by atoms with Crippen LogP contribution in [0.4, 0.5) is 0 Å². The summed E-state index contributed by atoms with van der Waals surface area (Å²) in [5, 5.41) is 8.96. The van der Waals surface area contributed by atoms with Gasteiger partial charge in [0.2, 0.25) is 0 Å². The molecule has 0 amide bonds. The molecule has 0 aliphatic carbocycles. The molecule has 1 aromatic carbocycles. The molecule has 0 saturated heterocycles. The van der Waals surface area contributed by atoms with Gasteiger partial charge in [0.05, 0.1) is 22.4 Å². The average Bonchev–Trinajstić information content (AvgIpc) is 2.76. The second kappa shape index (κ2) is 6.03. The zero-order valence-corrected chi connectivity index (χ0v) is 14.9. The van der Waals surface area contributed by atoms with Crippen molar-refractivity contribution in [3.63, 3.8) is 0 Å². The van der Waals surface area contributed by atoms with Crippen molar-refractivity contribution in [2.24, 2.45) is 0 Å². The molecule has 0 saturated carbocycles. The summed E-state index contributed by atoms with van der Waals surface area (Å²) in [4.78, 5) is 0.219. The summed E-state index contributed by atoms with van der Waals surface area (Å²) in [6.07, 6.45) is 2.86. The van der Waals surface area contributed by atoms with E-state index in [1.165, 1.54) is 0 Å². The number of rotatable bonds is 3. The smallest absolute Gasteiger partial charge is 0.0967 e. The maximum atomic E-state index is 5.98. The van der Waals surface area contributed by atoms with Crippen LogP contribution < -0.4 is 0 Å². The van der Waals surface area contributed by atoms with Crippen molar-refractivity contribution in [1.82, 2.24) is 15.0 Å². The Bertz CT molecular complexity index is 547. The number of hydrogen-bond donors (Lipinski definition) is 0. The molecule has 0 aliphatic rings. The minimum Gasteiger partial charge on any atom is -0.218 e. The first-order chi connectivity index (χ1) is 8.52. The Balaban J connectivity index is 2.46.